The van der Waals surface area contributed by atoms with Crippen molar-refractivity contribution in [2.45, 2.75) is 4.90 Å². The highest BCUT2D eigenvalue weighted by Crippen LogP contribution is 2.22. The fourth-order valence-corrected chi connectivity index (χ4v) is 4.36. The predicted octanol–water partition coefficient (Wildman–Crippen LogP) is 2.27. The lowest BCUT2D eigenvalue weighted by Crippen LogP contribution is -2.15. The smallest absolute Gasteiger partial charge is 0.236 e. The van der Waals surface area contributed by atoms with Gasteiger partial charge in [-0.2, -0.15) is 3.97 Å². The summed E-state index contributed by atoms with van der Waals surface area (Å²) in [7, 11) is -3.67. The van der Waals surface area contributed by atoms with E-state index in [0.717, 1.165) is 3.97 Å². The molecule has 0 spiro atoms. The van der Waals surface area contributed by atoms with E-state index in [0.29, 0.717) is 15.0 Å². The molecule has 0 aliphatic heterocycles. The van der Waals surface area contributed by atoms with Crippen LogP contribution in [0.2, 0.25) is 0 Å². The summed E-state index contributed by atoms with van der Waals surface area (Å²) < 4.78 is 26.8. The highest BCUT2D eigenvalue weighted by molar-refractivity contribution is 14.1. The van der Waals surface area contributed by atoms with Crippen molar-refractivity contribution in [2.75, 3.05) is 0 Å². The van der Waals surface area contributed by atoms with Crippen molar-refractivity contribution in [3.63, 3.8) is 0 Å². The predicted molar refractivity (Wildman–Crippen MR) is 79.3 cm³/mol. The molecule has 0 radical (unpaired) electrons. The van der Waals surface area contributed by atoms with E-state index in [4.69, 9.17) is 0 Å². The van der Waals surface area contributed by atoms with E-state index in [9.17, 15) is 8.42 Å². The molecular formula is C12H8IN3O2S. The zero-order chi connectivity index (χ0) is 13.5. The molecule has 0 bridgehead atoms. The third-order valence-corrected chi connectivity index (χ3v) is 5.37. The van der Waals surface area contributed by atoms with E-state index < -0.39 is 10.0 Å². The molecule has 1 aromatic carbocycles. The Morgan fingerprint density at radius 3 is 2.53 bits per heavy atom. The average molecular weight is 385 g/mol. The van der Waals surface area contributed by atoms with Gasteiger partial charge in [-0.1, -0.05) is 18.2 Å². The lowest BCUT2D eigenvalue weighted by molar-refractivity contribution is 0.587. The first-order chi connectivity index (χ1) is 9.10. The van der Waals surface area contributed by atoms with Crippen LogP contribution >= 0.6 is 22.6 Å². The van der Waals surface area contributed by atoms with Crippen LogP contribution in [0.5, 0.6) is 0 Å². The molecule has 96 valence electrons. The quantitative estimate of drug-likeness (QED) is 0.635. The SMILES string of the molecule is O=S(=O)(c1ccccc1)n1c(I)nc2cccnc21. The second kappa shape index (κ2) is 4.57. The number of hydrogen-bond acceptors (Lipinski definition) is 4. The number of pyridine rings is 1. The largest absolute Gasteiger partial charge is 0.271 e. The fraction of sp³-hybridized carbons (Fsp3) is 0. The molecule has 3 rings (SSSR count). The monoisotopic (exact) mass is 385 g/mol. The Bertz CT molecular complexity index is 844. The van der Waals surface area contributed by atoms with Gasteiger partial charge in [-0.3, -0.25) is 0 Å². The number of benzene rings is 1. The molecule has 0 amide bonds. The van der Waals surface area contributed by atoms with E-state index in [1.54, 1.807) is 48.7 Å². The molecule has 0 aliphatic carbocycles. The van der Waals surface area contributed by atoms with E-state index in [2.05, 4.69) is 9.97 Å². The van der Waals surface area contributed by atoms with Crippen molar-refractivity contribution in [3.05, 3.63) is 52.5 Å². The van der Waals surface area contributed by atoms with Crippen LogP contribution in [0.1, 0.15) is 0 Å². The summed E-state index contributed by atoms with van der Waals surface area (Å²) >= 11 is 1.90. The van der Waals surface area contributed by atoms with Crippen LogP contribution in [-0.4, -0.2) is 22.4 Å². The van der Waals surface area contributed by atoms with Crippen molar-refractivity contribution in [3.8, 4) is 0 Å². The molecule has 0 saturated heterocycles. The van der Waals surface area contributed by atoms with Crippen LogP contribution in [0, 0.1) is 3.83 Å². The number of imidazole rings is 1. The second-order valence-corrected chi connectivity index (χ2v) is 6.56. The van der Waals surface area contributed by atoms with Crippen molar-refractivity contribution in [1.29, 1.82) is 0 Å². The van der Waals surface area contributed by atoms with E-state index in [1.807, 2.05) is 22.6 Å². The van der Waals surface area contributed by atoms with Gasteiger partial charge in [0.2, 0.25) is 0 Å². The maximum absolute atomic E-state index is 12.6. The molecule has 3 aromatic rings. The molecule has 0 fully saturated rings. The van der Waals surface area contributed by atoms with E-state index in [-0.39, 0.29) is 4.90 Å². The van der Waals surface area contributed by atoms with Gasteiger partial charge in [0.25, 0.3) is 10.0 Å². The Hall–Kier alpha value is -1.48. The lowest BCUT2D eigenvalue weighted by atomic mass is 10.4. The van der Waals surface area contributed by atoms with Gasteiger partial charge < -0.3 is 0 Å². The number of rotatable bonds is 2. The van der Waals surface area contributed by atoms with Crippen LogP contribution in [0.3, 0.4) is 0 Å². The van der Waals surface area contributed by atoms with Gasteiger partial charge in [0.05, 0.1) is 4.90 Å². The van der Waals surface area contributed by atoms with E-state index >= 15 is 0 Å². The highest BCUT2D eigenvalue weighted by Gasteiger charge is 2.23. The first kappa shape index (κ1) is 12.5. The van der Waals surface area contributed by atoms with Crippen molar-refractivity contribution in [2.24, 2.45) is 0 Å². The second-order valence-electron chi connectivity index (χ2n) is 3.81. The molecule has 0 saturated carbocycles. The molecule has 0 N–H and O–H groups in total. The molecule has 2 aromatic heterocycles. The Morgan fingerprint density at radius 1 is 1.05 bits per heavy atom. The molecule has 19 heavy (non-hydrogen) atoms. The minimum Gasteiger partial charge on any atom is -0.236 e. The number of aromatic nitrogens is 3. The van der Waals surface area contributed by atoms with Gasteiger partial charge in [-0.05, 0) is 24.3 Å². The number of fused-ring (bicyclic) bond motifs is 1. The van der Waals surface area contributed by atoms with Crippen LogP contribution in [0.15, 0.2) is 53.6 Å². The van der Waals surface area contributed by atoms with E-state index in [1.165, 1.54) is 0 Å². The molecule has 0 unspecified atom stereocenters. The number of halogens is 1. The molecule has 7 heteroatoms. The van der Waals surface area contributed by atoms with Crippen molar-refractivity contribution < 1.29 is 8.42 Å². The van der Waals surface area contributed by atoms with Gasteiger partial charge in [-0.25, -0.2) is 18.4 Å². The Balaban J connectivity index is 2.34. The Kier molecular flexibility index (Phi) is 3.02. The molecule has 2 heterocycles. The lowest BCUT2D eigenvalue weighted by Gasteiger charge is -2.06. The van der Waals surface area contributed by atoms with Crippen LogP contribution in [0.4, 0.5) is 0 Å². The Labute approximate surface area is 123 Å². The van der Waals surface area contributed by atoms with Gasteiger partial charge >= 0.3 is 0 Å². The normalized spacial score (nSPS) is 11.8. The number of hydrogen-bond donors (Lipinski definition) is 0. The first-order valence-corrected chi connectivity index (χ1v) is 7.92. The molecule has 5 nitrogen and oxygen atoms in total. The summed E-state index contributed by atoms with van der Waals surface area (Å²) in [5, 5.41) is 0. The Morgan fingerprint density at radius 2 is 1.79 bits per heavy atom. The third kappa shape index (κ3) is 2.02. The first-order valence-electron chi connectivity index (χ1n) is 5.40. The third-order valence-electron chi connectivity index (χ3n) is 2.62. The maximum atomic E-state index is 12.6. The zero-order valence-corrected chi connectivity index (χ0v) is 12.5. The van der Waals surface area contributed by atoms with Crippen LogP contribution in [0.25, 0.3) is 11.2 Å². The summed E-state index contributed by atoms with van der Waals surface area (Å²) in [4.78, 5) is 8.54. The topological polar surface area (TPSA) is 64.8 Å². The van der Waals surface area contributed by atoms with Gasteiger partial charge in [0.15, 0.2) is 9.48 Å². The molecule has 0 aliphatic rings. The van der Waals surface area contributed by atoms with Crippen molar-refractivity contribution in [1.82, 2.24) is 13.9 Å². The van der Waals surface area contributed by atoms with Crippen molar-refractivity contribution >= 4 is 43.8 Å². The summed E-state index contributed by atoms with van der Waals surface area (Å²) in [6.07, 6.45) is 1.55. The number of nitrogens with zero attached hydrogens (tertiary/aromatic N) is 3. The van der Waals surface area contributed by atoms with Gasteiger partial charge in [-0.15, -0.1) is 0 Å². The highest BCUT2D eigenvalue weighted by atomic mass is 127. The average Bonchev–Trinajstić information content (AvgIpc) is 2.76. The van der Waals surface area contributed by atoms with Crippen LogP contribution in [-0.2, 0) is 10.0 Å². The fourth-order valence-electron chi connectivity index (χ4n) is 1.78. The minimum atomic E-state index is -3.67. The van der Waals surface area contributed by atoms with Gasteiger partial charge in [0.1, 0.15) is 5.52 Å². The summed E-state index contributed by atoms with van der Waals surface area (Å²) in [5.74, 6) is 0. The zero-order valence-electron chi connectivity index (χ0n) is 9.56. The summed E-state index contributed by atoms with van der Waals surface area (Å²) in [5.41, 5.74) is 0.905. The van der Waals surface area contributed by atoms with Gasteiger partial charge in [0, 0.05) is 28.8 Å². The van der Waals surface area contributed by atoms with Crippen LogP contribution < -0.4 is 0 Å². The molecule has 0 atom stereocenters. The maximum Gasteiger partial charge on any atom is 0.271 e. The summed E-state index contributed by atoms with van der Waals surface area (Å²) in [6.45, 7) is 0. The summed E-state index contributed by atoms with van der Waals surface area (Å²) in [6, 6.07) is 11.7. The minimum absolute atomic E-state index is 0.220. The standard InChI is InChI=1S/C12H8IN3O2S/c13-12-15-10-7-4-8-14-11(10)16(12)19(17,18)9-5-2-1-3-6-9/h1-8H. The molecular weight excluding hydrogens is 377 g/mol.